The van der Waals surface area contributed by atoms with Gasteiger partial charge in [0.05, 0.1) is 7.11 Å². The average molecular weight is 259 g/mol. The Hall–Kier alpha value is -1.97. The van der Waals surface area contributed by atoms with Gasteiger partial charge in [-0.3, -0.25) is 5.10 Å². The van der Waals surface area contributed by atoms with E-state index >= 15 is 0 Å². The predicted molar refractivity (Wildman–Crippen MR) is 77.5 cm³/mol. The van der Waals surface area contributed by atoms with Crippen LogP contribution in [0, 0.1) is 0 Å². The first-order chi connectivity index (χ1) is 9.11. The molecule has 0 saturated heterocycles. The number of hydrogen-bond donors (Lipinski definition) is 2. The van der Waals surface area contributed by atoms with Gasteiger partial charge in [-0.25, -0.2) is 0 Å². The summed E-state index contributed by atoms with van der Waals surface area (Å²) in [7, 11) is 1.68. The number of rotatable bonds is 5. The number of anilines is 1. The van der Waals surface area contributed by atoms with Crippen LogP contribution < -0.4 is 10.5 Å². The van der Waals surface area contributed by atoms with Crippen LogP contribution in [0.2, 0.25) is 0 Å². The molecule has 19 heavy (non-hydrogen) atoms. The zero-order chi connectivity index (χ0) is 13.8. The fraction of sp³-hybridized carbons (Fsp3) is 0.400. The van der Waals surface area contributed by atoms with Crippen LogP contribution in [-0.4, -0.2) is 17.3 Å². The van der Waals surface area contributed by atoms with Crippen molar-refractivity contribution in [2.45, 2.75) is 32.6 Å². The molecule has 0 fully saturated rings. The molecule has 3 N–H and O–H groups in total. The average Bonchev–Trinajstić information content (AvgIpc) is 2.78. The maximum atomic E-state index is 5.89. The molecule has 4 heteroatoms. The molecule has 1 aromatic heterocycles. The summed E-state index contributed by atoms with van der Waals surface area (Å²) in [6.45, 7) is 4.27. The molecule has 102 valence electrons. The summed E-state index contributed by atoms with van der Waals surface area (Å²) >= 11 is 0. The second-order valence-electron chi connectivity index (χ2n) is 5.00. The van der Waals surface area contributed by atoms with E-state index in [1.807, 2.05) is 12.1 Å². The third kappa shape index (κ3) is 3.08. The Morgan fingerprint density at radius 1 is 1.21 bits per heavy atom. The van der Waals surface area contributed by atoms with Crippen molar-refractivity contribution in [2.24, 2.45) is 0 Å². The molecule has 1 aromatic carbocycles. The van der Waals surface area contributed by atoms with Gasteiger partial charge in [0.2, 0.25) is 0 Å². The van der Waals surface area contributed by atoms with Crippen molar-refractivity contribution in [3.05, 3.63) is 41.1 Å². The summed E-state index contributed by atoms with van der Waals surface area (Å²) in [6.07, 6.45) is 1.88. The first-order valence-corrected chi connectivity index (χ1v) is 6.57. The second kappa shape index (κ2) is 5.78. The van der Waals surface area contributed by atoms with Gasteiger partial charge in [0, 0.05) is 11.3 Å². The van der Waals surface area contributed by atoms with Crippen molar-refractivity contribution in [3.8, 4) is 5.75 Å². The summed E-state index contributed by atoms with van der Waals surface area (Å²) < 4.78 is 5.15. The quantitative estimate of drug-likeness (QED) is 0.867. The van der Waals surface area contributed by atoms with Crippen LogP contribution >= 0.6 is 0 Å². The molecule has 0 aliphatic heterocycles. The second-order valence-corrected chi connectivity index (χ2v) is 5.00. The number of hydrogen-bond acceptors (Lipinski definition) is 3. The van der Waals surface area contributed by atoms with Crippen LogP contribution in [0.15, 0.2) is 24.3 Å². The van der Waals surface area contributed by atoms with E-state index in [0.717, 1.165) is 29.8 Å². The summed E-state index contributed by atoms with van der Waals surface area (Å²) in [5.74, 6) is 1.90. The van der Waals surface area contributed by atoms with Crippen LogP contribution in [0.3, 0.4) is 0 Å². The molecule has 0 aliphatic carbocycles. The lowest BCUT2D eigenvalue weighted by Gasteiger charge is -2.08. The van der Waals surface area contributed by atoms with Crippen LogP contribution in [-0.2, 0) is 12.8 Å². The Morgan fingerprint density at radius 2 is 1.89 bits per heavy atom. The smallest absolute Gasteiger partial charge is 0.148 e. The van der Waals surface area contributed by atoms with Gasteiger partial charge in [0.15, 0.2) is 0 Å². The van der Waals surface area contributed by atoms with Crippen molar-refractivity contribution in [1.29, 1.82) is 0 Å². The number of methoxy groups -OCH3 is 1. The topological polar surface area (TPSA) is 63.9 Å². The Bertz CT molecular complexity index is 529. The minimum absolute atomic E-state index is 0.393. The standard InChI is InChI=1S/C15H21N3O/c1-10(2)14-13(17-18-15(14)16)9-6-11-4-7-12(19-3)8-5-11/h4-5,7-8,10H,6,9H2,1-3H3,(H3,16,17,18). The zero-order valence-corrected chi connectivity index (χ0v) is 11.7. The molecule has 0 amide bonds. The van der Waals surface area contributed by atoms with Gasteiger partial charge >= 0.3 is 0 Å². The van der Waals surface area contributed by atoms with Gasteiger partial charge in [-0.05, 0) is 36.5 Å². The summed E-state index contributed by atoms with van der Waals surface area (Å²) in [4.78, 5) is 0. The van der Waals surface area contributed by atoms with Crippen LogP contribution in [0.5, 0.6) is 5.75 Å². The number of aromatic nitrogens is 2. The highest BCUT2D eigenvalue weighted by atomic mass is 16.5. The highest BCUT2D eigenvalue weighted by Crippen LogP contribution is 2.24. The molecule has 2 rings (SSSR count). The lowest BCUT2D eigenvalue weighted by Crippen LogP contribution is -1.99. The predicted octanol–water partition coefficient (Wildman–Crippen LogP) is 2.91. The Kier molecular flexibility index (Phi) is 4.10. The maximum absolute atomic E-state index is 5.89. The van der Waals surface area contributed by atoms with E-state index in [2.05, 4.69) is 36.2 Å². The van der Waals surface area contributed by atoms with Crippen molar-refractivity contribution in [2.75, 3.05) is 12.8 Å². The highest BCUT2D eigenvalue weighted by Gasteiger charge is 2.13. The van der Waals surface area contributed by atoms with Gasteiger partial charge in [0.1, 0.15) is 11.6 Å². The fourth-order valence-corrected chi connectivity index (χ4v) is 2.30. The van der Waals surface area contributed by atoms with E-state index in [4.69, 9.17) is 10.5 Å². The lowest BCUT2D eigenvalue weighted by atomic mass is 9.99. The molecule has 0 saturated carbocycles. The monoisotopic (exact) mass is 259 g/mol. The summed E-state index contributed by atoms with van der Waals surface area (Å²) in [6, 6.07) is 8.15. The Balaban J connectivity index is 2.05. The largest absolute Gasteiger partial charge is 0.497 e. The Morgan fingerprint density at radius 3 is 2.47 bits per heavy atom. The number of nitrogens with two attached hydrogens (primary N) is 1. The molecule has 0 unspecified atom stereocenters. The maximum Gasteiger partial charge on any atom is 0.148 e. The van der Waals surface area contributed by atoms with Gasteiger partial charge in [-0.1, -0.05) is 26.0 Å². The number of benzene rings is 1. The molecule has 0 spiro atoms. The third-order valence-electron chi connectivity index (χ3n) is 3.31. The number of ether oxygens (including phenoxy) is 1. The van der Waals surface area contributed by atoms with E-state index in [0.29, 0.717) is 11.7 Å². The number of nitrogen functional groups attached to an aromatic ring is 1. The molecular weight excluding hydrogens is 238 g/mol. The van der Waals surface area contributed by atoms with Gasteiger partial charge < -0.3 is 10.5 Å². The number of aryl methyl sites for hydroxylation is 2. The lowest BCUT2D eigenvalue weighted by molar-refractivity contribution is 0.414. The fourth-order valence-electron chi connectivity index (χ4n) is 2.30. The summed E-state index contributed by atoms with van der Waals surface area (Å²) in [5, 5.41) is 7.16. The molecule has 0 bridgehead atoms. The zero-order valence-electron chi connectivity index (χ0n) is 11.7. The normalized spacial score (nSPS) is 10.9. The SMILES string of the molecule is COc1ccc(CCc2[nH]nc(N)c2C(C)C)cc1. The van der Waals surface area contributed by atoms with E-state index < -0.39 is 0 Å². The molecular formula is C15H21N3O. The van der Waals surface area contributed by atoms with Crippen LogP contribution in [0.1, 0.15) is 36.6 Å². The molecule has 1 heterocycles. The molecule has 0 radical (unpaired) electrons. The van der Waals surface area contributed by atoms with E-state index in [1.165, 1.54) is 5.56 Å². The van der Waals surface area contributed by atoms with Crippen LogP contribution in [0.25, 0.3) is 0 Å². The minimum atomic E-state index is 0.393. The van der Waals surface area contributed by atoms with E-state index in [9.17, 15) is 0 Å². The number of H-pyrrole nitrogens is 1. The van der Waals surface area contributed by atoms with Crippen molar-refractivity contribution >= 4 is 5.82 Å². The Labute approximate surface area is 114 Å². The third-order valence-corrected chi connectivity index (χ3v) is 3.31. The minimum Gasteiger partial charge on any atom is -0.497 e. The molecule has 0 aliphatic rings. The van der Waals surface area contributed by atoms with E-state index in [-0.39, 0.29) is 0 Å². The molecule has 4 nitrogen and oxygen atoms in total. The van der Waals surface area contributed by atoms with Gasteiger partial charge in [0.25, 0.3) is 0 Å². The first-order valence-electron chi connectivity index (χ1n) is 6.57. The number of nitrogens with zero attached hydrogens (tertiary/aromatic N) is 1. The molecule has 2 aromatic rings. The van der Waals surface area contributed by atoms with E-state index in [1.54, 1.807) is 7.11 Å². The number of nitrogens with one attached hydrogen (secondary N) is 1. The first kappa shape index (κ1) is 13.5. The van der Waals surface area contributed by atoms with Crippen molar-refractivity contribution in [1.82, 2.24) is 10.2 Å². The highest BCUT2D eigenvalue weighted by molar-refractivity contribution is 5.44. The van der Waals surface area contributed by atoms with Crippen molar-refractivity contribution < 1.29 is 4.74 Å². The van der Waals surface area contributed by atoms with Gasteiger partial charge in [-0.15, -0.1) is 0 Å². The van der Waals surface area contributed by atoms with Crippen LogP contribution in [0.4, 0.5) is 5.82 Å². The van der Waals surface area contributed by atoms with Gasteiger partial charge in [-0.2, -0.15) is 5.10 Å². The van der Waals surface area contributed by atoms with Crippen molar-refractivity contribution in [3.63, 3.8) is 0 Å². The number of aromatic amines is 1. The molecule has 0 atom stereocenters. The summed E-state index contributed by atoms with van der Waals surface area (Å²) in [5.41, 5.74) is 9.46.